The molecule has 3 aromatic carbocycles. The number of pyridine rings is 1. The summed E-state index contributed by atoms with van der Waals surface area (Å²) >= 11 is 0. The van der Waals surface area contributed by atoms with Crippen LogP contribution >= 0.6 is 0 Å². The van der Waals surface area contributed by atoms with Crippen LogP contribution < -0.4 is 19.7 Å². The van der Waals surface area contributed by atoms with Gasteiger partial charge in [-0.2, -0.15) is 4.68 Å². The molecule has 3 heterocycles. The molecule has 0 saturated heterocycles. The fraction of sp³-hybridized carbons (Fsp3) is 0.265. The number of fused-ring (bicyclic) bond motifs is 4. The number of nitrogens with one attached hydrogen (secondary N) is 1. The lowest BCUT2D eigenvalue weighted by Crippen LogP contribution is -2.36. The van der Waals surface area contributed by atoms with E-state index in [0.29, 0.717) is 51.6 Å². The van der Waals surface area contributed by atoms with E-state index in [0.717, 1.165) is 21.4 Å². The number of benzene rings is 3. The van der Waals surface area contributed by atoms with Crippen LogP contribution in [0.3, 0.4) is 0 Å². The number of anilines is 3. The second-order valence-corrected chi connectivity index (χ2v) is 12.4. The molecule has 1 aliphatic heterocycles. The van der Waals surface area contributed by atoms with E-state index in [-0.39, 0.29) is 5.92 Å². The van der Waals surface area contributed by atoms with Crippen LogP contribution in [0.4, 0.5) is 26.8 Å². The first-order valence-corrected chi connectivity index (χ1v) is 14.7. The van der Waals surface area contributed by atoms with Gasteiger partial charge in [-0.3, -0.25) is 9.78 Å². The summed E-state index contributed by atoms with van der Waals surface area (Å²) in [6.45, 7) is 5.32. The van der Waals surface area contributed by atoms with E-state index in [4.69, 9.17) is 14.2 Å². The Hall–Kier alpha value is -5.65. The predicted molar refractivity (Wildman–Crippen MR) is 170 cm³/mol. The molecule has 2 atom stereocenters. The first-order valence-electron chi connectivity index (χ1n) is 14.7. The summed E-state index contributed by atoms with van der Waals surface area (Å²) in [6, 6.07) is 18.0. The number of carbonyl (C=O) groups excluding carboxylic acids is 2. The number of carboxylic acid groups (broad SMARTS) is 1. The second-order valence-electron chi connectivity index (χ2n) is 12.4. The molecule has 0 bridgehead atoms. The summed E-state index contributed by atoms with van der Waals surface area (Å²) in [7, 11) is 3.08. The van der Waals surface area contributed by atoms with Crippen LogP contribution in [0.2, 0.25) is 0 Å². The van der Waals surface area contributed by atoms with Gasteiger partial charge in [-0.05, 0) is 80.8 Å². The number of hydrogen-bond donors (Lipinski definition) is 2. The maximum absolute atomic E-state index is 13.7. The number of rotatable bonds is 5. The quantitative estimate of drug-likeness (QED) is 0.221. The van der Waals surface area contributed by atoms with Crippen molar-refractivity contribution in [1.29, 1.82) is 0 Å². The van der Waals surface area contributed by atoms with Gasteiger partial charge in [0.15, 0.2) is 5.82 Å². The summed E-state index contributed by atoms with van der Waals surface area (Å²) in [5.41, 5.74) is 1.68. The number of amides is 2. The molecule has 5 aromatic rings. The van der Waals surface area contributed by atoms with Crippen molar-refractivity contribution in [3.63, 3.8) is 0 Å². The fourth-order valence-corrected chi connectivity index (χ4v) is 6.39. The fourth-order valence-electron chi connectivity index (χ4n) is 6.39. The van der Waals surface area contributed by atoms with Gasteiger partial charge in [0, 0.05) is 29.0 Å². The van der Waals surface area contributed by atoms with E-state index in [1.54, 1.807) is 52.3 Å². The summed E-state index contributed by atoms with van der Waals surface area (Å²) in [6.07, 6.45) is 0.0924. The van der Waals surface area contributed by atoms with Crippen LogP contribution in [0.25, 0.3) is 21.8 Å². The highest BCUT2D eigenvalue weighted by Crippen LogP contribution is 2.67. The van der Waals surface area contributed by atoms with E-state index in [1.165, 1.54) is 11.8 Å². The van der Waals surface area contributed by atoms with Gasteiger partial charge in [-0.15, -0.1) is 5.10 Å². The van der Waals surface area contributed by atoms with Crippen molar-refractivity contribution in [3.8, 4) is 11.5 Å². The summed E-state index contributed by atoms with van der Waals surface area (Å²) in [4.78, 5) is 44.6. The molecule has 0 unspecified atom stereocenters. The Kier molecular flexibility index (Phi) is 6.44. The Balaban J connectivity index is 1.33. The van der Waals surface area contributed by atoms with Gasteiger partial charge >= 0.3 is 12.2 Å². The van der Waals surface area contributed by atoms with Gasteiger partial charge in [0.2, 0.25) is 5.91 Å². The first kappa shape index (κ1) is 29.1. The number of ether oxygens (including phenoxy) is 3. The van der Waals surface area contributed by atoms with Crippen LogP contribution in [0.5, 0.6) is 11.5 Å². The van der Waals surface area contributed by atoms with Crippen LogP contribution in [-0.4, -0.2) is 57.8 Å². The average molecular weight is 622 g/mol. The number of imide groups is 1. The molecule has 12 heteroatoms. The molecule has 12 nitrogen and oxygen atoms in total. The highest BCUT2D eigenvalue weighted by Gasteiger charge is 2.68. The summed E-state index contributed by atoms with van der Waals surface area (Å²) in [5.74, 6) is 0.612. The lowest BCUT2D eigenvalue weighted by Gasteiger charge is -2.19. The zero-order valence-corrected chi connectivity index (χ0v) is 25.8. The molecule has 1 fully saturated rings. The third kappa shape index (κ3) is 4.47. The van der Waals surface area contributed by atoms with E-state index >= 15 is 0 Å². The molecule has 2 amide bonds. The van der Waals surface area contributed by atoms with Crippen molar-refractivity contribution in [2.75, 3.05) is 24.4 Å². The lowest BCUT2D eigenvalue weighted by atomic mass is 9.91. The van der Waals surface area contributed by atoms with Crippen molar-refractivity contribution >= 4 is 57.1 Å². The third-order valence-electron chi connectivity index (χ3n) is 8.51. The Labute approximate surface area is 263 Å². The minimum Gasteiger partial charge on any atom is -0.497 e. The molecular formula is C34H31N5O7. The molecule has 7 rings (SSSR count). The predicted octanol–water partition coefficient (Wildman–Crippen LogP) is 6.58. The lowest BCUT2D eigenvalue weighted by molar-refractivity contribution is -0.119. The number of carbonyl (C=O) groups is 3. The molecule has 0 radical (unpaired) electrons. The van der Waals surface area contributed by atoms with E-state index in [9.17, 15) is 19.5 Å². The molecule has 2 aromatic heterocycles. The summed E-state index contributed by atoms with van der Waals surface area (Å²) in [5, 5.41) is 19.4. The van der Waals surface area contributed by atoms with Crippen LogP contribution in [0.1, 0.15) is 44.2 Å². The normalized spacial score (nSPS) is 18.6. The monoisotopic (exact) mass is 621 g/mol. The van der Waals surface area contributed by atoms with Crippen LogP contribution in [0, 0.1) is 0 Å². The van der Waals surface area contributed by atoms with Crippen molar-refractivity contribution < 1.29 is 33.7 Å². The molecule has 2 aliphatic rings. The van der Waals surface area contributed by atoms with Gasteiger partial charge in [-0.25, -0.2) is 14.5 Å². The van der Waals surface area contributed by atoms with Gasteiger partial charge in [0.25, 0.3) is 0 Å². The zero-order valence-electron chi connectivity index (χ0n) is 25.8. The Morgan fingerprint density at radius 1 is 1.04 bits per heavy atom. The number of nitrogens with zero attached hydrogens (tertiary/aromatic N) is 4. The number of aromatic nitrogens is 3. The van der Waals surface area contributed by atoms with Gasteiger partial charge in [0.1, 0.15) is 17.1 Å². The largest absolute Gasteiger partial charge is 0.497 e. The minimum absolute atomic E-state index is 0.326. The molecule has 1 spiro atoms. The SMILES string of the molecule is COc1ccc2c(c1)[C@]1(C[C@H]1c1ccc3c(Nc4cc5cccnc5cc4OC)nn(C(=O)OC(C)(C)C)c3c1)C(=O)N2C(=O)O. The highest BCUT2D eigenvalue weighted by molar-refractivity contribution is 6.22. The maximum Gasteiger partial charge on any atom is 0.435 e. The minimum atomic E-state index is -1.34. The number of methoxy groups -OCH3 is 2. The molecule has 1 aliphatic carbocycles. The second kappa shape index (κ2) is 10.2. The molecule has 2 N–H and O–H groups in total. The van der Waals surface area contributed by atoms with Gasteiger partial charge in [-0.1, -0.05) is 12.1 Å². The van der Waals surface area contributed by atoms with E-state index in [2.05, 4.69) is 15.4 Å². The Morgan fingerprint density at radius 2 is 1.85 bits per heavy atom. The van der Waals surface area contributed by atoms with Crippen molar-refractivity contribution in [3.05, 3.63) is 78.0 Å². The maximum atomic E-state index is 13.7. The van der Waals surface area contributed by atoms with Gasteiger partial charge < -0.3 is 24.6 Å². The average Bonchev–Trinajstić information content (AvgIpc) is 3.61. The standard InChI is InChI=1S/C34H31N5O7/c1-33(2,3)46-32(43)39-27-14-18(23-17-34(23)22-15-20(44-4)9-11-26(22)38(30(34)40)31(41)42)8-10-21(27)29(37-39)36-25-13-19-7-6-12-35-24(19)16-28(25)45-5/h6-16,23H,17H2,1-5H3,(H,36,37)(H,41,42)/t23-,34-/m0/s1. The van der Waals surface area contributed by atoms with E-state index in [1.807, 2.05) is 42.5 Å². The molecular weight excluding hydrogens is 590 g/mol. The summed E-state index contributed by atoms with van der Waals surface area (Å²) < 4.78 is 17.9. The molecule has 1 saturated carbocycles. The smallest absolute Gasteiger partial charge is 0.435 e. The van der Waals surface area contributed by atoms with Crippen molar-refractivity contribution in [2.45, 2.75) is 44.1 Å². The first-order chi connectivity index (χ1) is 21.9. The van der Waals surface area contributed by atoms with Gasteiger partial charge in [0.05, 0.1) is 42.0 Å². The number of hydrogen-bond acceptors (Lipinski definition) is 9. The van der Waals surface area contributed by atoms with Crippen LogP contribution in [0.15, 0.2) is 66.9 Å². The Morgan fingerprint density at radius 3 is 2.57 bits per heavy atom. The highest BCUT2D eigenvalue weighted by atomic mass is 16.6. The topological polar surface area (TPSA) is 145 Å². The Bertz CT molecular complexity index is 2100. The third-order valence-corrected chi connectivity index (χ3v) is 8.51. The van der Waals surface area contributed by atoms with Crippen molar-refractivity contribution in [2.24, 2.45) is 0 Å². The zero-order chi connectivity index (χ0) is 32.5. The van der Waals surface area contributed by atoms with E-state index < -0.39 is 29.1 Å². The van der Waals surface area contributed by atoms with Crippen molar-refractivity contribution in [1.82, 2.24) is 14.8 Å². The van der Waals surface area contributed by atoms with Crippen LogP contribution in [-0.2, 0) is 14.9 Å². The molecule has 46 heavy (non-hydrogen) atoms. The molecule has 234 valence electrons.